The Morgan fingerprint density at radius 2 is 2.23 bits per heavy atom. The molecule has 0 aromatic rings. The number of guanidine groups is 1. The Kier molecular flexibility index (Phi) is 6.05. The lowest BCUT2D eigenvalue weighted by molar-refractivity contribution is 0.152. The first kappa shape index (κ1) is 17.5. The van der Waals surface area contributed by atoms with Crippen molar-refractivity contribution in [3.63, 3.8) is 0 Å². The molecule has 1 atom stereocenters. The maximum atomic E-state index is 11.0. The third kappa shape index (κ3) is 5.10. The van der Waals surface area contributed by atoms with Crippen LogP contribution in [-0.2, 0) is 19.3 Å². The lowest BCUT2D eigenvalue weighted by atomic mass is 9.87. The highest BCUT2D eigenvalue weighted by Gasteiger charge is 2.42. The van der Waals surface area contributed by atoms with Gasteiger partial charge in [0.25, 0.3) is 0 Å². The van der Waals surface area contributed by atoms with Crippen LogP contribution < -0.4 is 5.32 Å². The second-order valence-corrected chi connectivity index (χ2v) is 8.45. The monoisotopic (exact) mass is 333 g/mol. The van der Waals surface area contributed by atoms with Crippen LogP contribution in [0.4, 0.5) is 0 Å². The van der Waals surface area contributed by atoms with Gasteiger partial charge in [-0.25, -0.2) is 8.42 Å². The number of likely N-dealkylation sites (tertiary alicyclic amines) is 1. The molecule has 8 heteroatoms. The van der Waals surface area contributed by atoms with Crippen molar-refractivity contribution in [1.82, 2.24) is 10.2 Å². The third-order valence-electron chi connectivity index (χ3n) is 4.26. The van der Waals surface area contributed by atoms with Crippen molar-refractivity contribution in [2.24, 2.45) is 10.4 Å². The summed E-state index contributed by atoms with van der Waals surface area (Å²) in [6.45, 7) is 5.04. The first-order valence-electron chi connectivity index (χ1n) is 7.73. The van der Waals surface area contributed by atoms with Crippen molar-refractivity contribution >= 4 is 15.8 Å². The Morgan fingerprint density at radius 3 is 2.86 bits per heavy atom. The number of nitrogens with zero attached hydrogens (tertiary/aromatic N) is 2. The summed E-state index contributed by atoms with van der Waals surface area (Å²) in [5.74, 6) is 0.951. The minimum absolute atomic E-state index is 0.0658. The number of hydrogen-bond acceptors (Lipinski definition) is 5. The van der Waals surface area contributed by atoms with Gasteiger partial charge in [0, 0.05) is 45.0 Å². The van der Waals surface area contributed by atoms with Gasteiger partial charge in [0.1, 0.15) is 9.84 Å². The fourth-order valence-electron chi connectivity index (χ4n) is 2.97. The smallest absolute Gasteiger partial charge is 0.193 e. The summed E-state index contributed by atoms with van der Waals surface area (Å²) in [5, 5.41) is 3.28. The Balaban J connectivity index is 1.66. The van der Waals surface area contributed by atoms with E-state index in [0.717, 1.165) is 45.1 Å². The van der Waals surface area contributed by atoms with Crippen LogP contribution in [0.15, 0.2) is 4.99 Å². The van der Waals surface area contributed by atoms with Crippen LogP contribution in [0.3, 0.4) is 0 Å². The van der Waals surface area contributed by atoms with Crippen LogP contribution >= 0.6 is 0 Å². The van der Waals surface area contributed by atoms with Crippen molar-refractivity contribution in [2.75, 3.05) is 65.1 Å². The van der Waals surface area contributed by atoms with E-state index in [1.54, 1.807) is 7.05 Å². The topological polar surface area (TPSA) is 80.2 Å². The Morgan fingerprint density at radius 1 is 1.41 bits per heavy atom. The van der Waals surface area contributed by atoms with Crippen LogP contribution in [-0.4, -0.2) is 84.4 Å². The van der Waals surface area contributed by atoms with Crippen LogP contribution in [0.25, 0.3) is 0 Å². The zero-order chi connectivity index (χ0) is 16.1. The molecule has 1 unspecified atom stereocenters. The molecule has 0 bridgehead atoms. The molecule has 128 valence electrons. The van der Waals surface area contributed by atoms with Crippen molar-refractivity contribution in [2.45, 2.75) is 12.8 Å². The molecule has 2 fully saturated rings. The number of nitrogens with one attached hydrogen (secondary N) is 1. The van der Waals surface area contributed by atoms with Gasteiger partial charge in [-0.3, -0.25) is 4.99 Å². The standard InChI is InChI=1S/C14H27N3O4S/c1-15-13(16-5-8-20-9-10-22(2,18)19)17-6-3-14(11-17)4-7-21-12-14/h3-12H2,1-2H3,(H,15,16). The summed E-state index contributed by atoms with van der Waals surface area (Å²) in [6.07, 6.45) is 3.50. The fraction of sp³-hybridized carbons (Fsp3) is 0.929. The molecule has 0 radical (unpaired) electrons. The van der Waals surface area contributed by atoms with Gasteiger partial charge in [0.2, 0.25) is 0 Å². The predicted molar refractivity (Wildman–Crippen MR) is 86.0 cm³/mol. The molecule has 0 aromatic carbocycles. The van der Waals surface area contributed by atoms with Gasteiger partial charge in [0.05, 0.1) is 25.6 Å². The third-order valence-corrected chi connectivity index (χ3v) is 5.17. The van der Waals surface area contributed by atoms with Gasteiger partial charge in [-0.05, 0) is 12.8 Å². The van der Waals surface area contributed by atoms with E-state index in [0.29, 0.717) is 18.6 Å². The number of ether oxygens (including phenoxy) is 2. The lowest BCUT2D eigenvalue weighted by Gasteiger charge is -2.24. The molecule has 2 saturated heterocycles. The molecular weight excluding hydrogens is 306 g/mol. The van der Waals surface area contributed by atoms with E-state index in [1.165, 1.54) is 6.26 Å². The van der Waals surface area contributed by atoms with Crippen LogP contribution in [0, 0.1) is 5.41 Å². The second kappa shape index (κ2) is 7.61. The molecule has 7 nitrogen and oxygen atoms in total. The molecular formula is C14H27N3O4S. The highest BCUT2D eigenvalue weighted by molar-refractivity contribution is 7.90. The normalized spacial score (nSPS) is 26.1. The van der Waals surface area contributed by atoms with Gasteiger partial charge in [-0.2, -0.15) is 0 Å². The minimum Gasteiger partial charge on any atom is -0.381 e. The summed E-state index contributed by atoms with van der Waals surface area (Å²) in [5.41, 5.74) is 0.309. The molecule has 0 aliphatic carbocycles. The predicted octanol–water partition coefficient (Wildman–Crippen LogP) is -0.265. The van der Waals surface area contributed by atoms with Gasteiger partial charge in [0.15, 0.2) is 5.96 Å². The van der Waals surface area contributed by atoms with Crippen LogP contribution in [0.5, 0.6) is 0 Å². The van der Waals surface area contributed by atoms with Gasteiger partial charge < -0.3 is 19.7 Å². The Hall–Kier alpha value is -0.860. The molecule has 0 amide bonds. The molecule has 2 aliphatic heterocycles. The summed E-state index contributed by atoms with van der Waals surface area (Å²) < 4.78 is 32.8. The quantitative estimate of drug-likeness (QED) is 0.410. The molecule has 0 saturated carbocycles. The van der Waals surface area contributed by atoms with Gasteiger partial charge in [-0.1, -0.05) is 0 Å². The van der Waals surface area contributed by atoms with Crippen molar-refractivity contribution in [3.8, 4) is 0 Å². The summed E-state index contributed by atoms with van der Waals surface area (Å²) in [4.78, 5) is 6.59. The Labute approximate surface area is 133 Å². The molecule has 2 heterocycles. The first-order valence-corrected chi connectivity index (χ1v) is 9.79. The van der Waals surface area contributed by atoms with Gasteiger partial charge >= 0.3 is 0 Å². The number of aliphatic imine (C=N–C) groups is 1. The molecule has 1 spiro atoms. The summed E-state index contributed by atoms with van der Waals surface area (Å²) in [7, 11) is -1.17. The van der Waals surface area contributed by atoms with Crippen molar-refractivity contribution in [3.05, 3.63) is 0 Å². The average Bonchev–Trinajstić information content (AvgIpc) is 3.08. The van der Waals surface area contributed by atoms with E-state index in [1.807, 2.05) is 0 Å². The van der Waals surface area contributed by atoms with Gasteiger partial charge in [-0.15, -0.1) is 0 Å². The highest BCUT2D eigenvalue weighted by Crippen LogP contribution is 2.37. The van der Waals surface area contributed by atoms with E-state index in [4.69, 9.17) is 9.47 Å². The molecule has 0 aromatic heterocycles. The zero-order valence-corrected chi connectivity index (χ0v) is 14.3. The SMILES string of the molecule is CN=C(NCCOCCS(C)(=O)=O)N1CCC2(CCOC2)C1. The van der Waals surface area contributed by atoms with E-state index in [9.17, 15) is 8.42 Å². The summed E-state index contributed by atoms with van der Waals surface area (Å²) >= 11 is 0. The molecule has 22 heavy (non-hydrogen) atoms. The second-order valence-electron chi connectivity index (χ2n) is 6.19. The number of sulfone groups is 1. The van der Waals surface area contributed by atoms with Crippen molar-refractivity contribution in [1.29, 1.82) is 0 Å². The maximum absolute atomic E-state index is 11.0. The maximum Gasteiger partial charge on any atom is 0.193 e. The highest BCUT2D eigenvalue weighted by atomic mass is 32.2. The van der Waals surface area contributed by atoms with Crippen LogP contribution in [0.2, 0.25) is 0 Å². The Bertz CT molecular complexity index is 486. The van der Waals surface area contributed by atoms with Crippen LogP contribution in [0.1, 0.15) is 12.8 Å². The van der Waals surface area contributed by atoms with E-state index in [2.05, 4.69) is 15.2 Å². The first-order chi connectivity index (χ1) is 10.4. The molecule has 2 rings (SSSR count). The van der Waals surface area contributed by atoms with E-state index in [-0.39, 0.29) is 12.4 Å². The van der Waals surface area contributed by atoms with E-state index >= 15 is 0 Å². The lowest BCUT2D eigenvalue weighted by Crippen LogP contribution is -2.42. The zero-order valence-electron chi connectivity index (χ0n) is 13.5. The largest absolute Gasteiger partial charge is 0.381 e. The average molecular weight is 333 g/mol. The minimum atomic E-state index is -2.95. The molecule has 2 aliphatic rings. The molecule has 1 N–H and O–H groups in total. The summed E-state index contributed by atoms with van der Waals surface area (Å²) in [6, 6.07) is 0. The fourth-order valence-corrected chi connectivity index (χ4v) is 3.39. The van der Waals surface area contributed by atoms with E-state index < -0.39 is 9.84 Å². The number of hydrogen-bond donors (Lipinski definition) is 1. The van der Waals surface area contributed by atoms with Crippen molar-refractivity contribution < 1.29 is 17.9 Å². The number of rotatable bonds is 6.